The highest BCUT2D eigenvalue weighted by molar-refractivity contribution is 5.92. The zero-order chi connectivity index (χ0) is 29.5. The molecule has 4 fully saturated rings. The molecule has 1 aliphatic carbocycles. The highest BCUT2D eigenvalue weighted by Crippen LogP contribution is 2.58. The number of aryl methyl sites for hydroxylation is 1. The second-order valence-corrected chi connectivity index (χ2v) is 13.0. The molecule has 6 heterocycles. The summed E-state index contributed by atoms with van der Waals surface area (Å²) in [6.45, 7) is 6.56. The van der Waals surface area contributed by atoms with Gasteiger partial charge in [0, 0.05) is 50.1 Å². The Balaban J connectivity index is 0.933. The molecule has 11 heteroatoms. The first-order chi connectivity index (χ1) is 20.7. The van der Waals surface area contributed by atoms with Crippen molar-refractivity contribution in [2.24, 2.45) is 10.8 Å². The molecular formula is C32H32FN7O3. The van der Waals surface area contributed by atoms with Crippen LogP contribution in [0.4, 0.5) is 15.9 Å². The van der Waals surface area contributed by atoms with Gasteiger partial charge in [-0.05, 0) is 73.6 Å². The van der Waals surface area contributed by atoms with Crippen LogP contribution in [0.5, 0.6) is 0 Å². The molecule has 1 N–H and O–H groups in total. The summed E-state index contributed by atoms with van der Waals surface area (Å²) in [7, 11) is 0. The second-order valence-electron chi connectivity index (χ2n) is 13.0. The fraction of sp³-hybridized carbons (Fsp3) is 0.406. The Kier molecular flexibility index (Phi) is 5.60. The third-order valence-corrected chi connectivity index (χ3v) is 10.1. The number of likely N-dealkylation sites (tertiary alicyclic amines) is 1. The molecular weight excluding hydrogens is 549 g/mol. The summed E-state index contributed by atoms with van der Waals surface area (Å²) < 4.78 is 15.6. The molecule has 1 atom stereocenters. The maximum Gasteiger partial charge on any atom is 0.354 e. The molecule has 1 amide bonds. The van der Waals surface area contributed by atoms with Crippen LogP contribution in [-0.2, 0) is 0 Å². The van der Waals surface area contributed by atoms with Crippen molar-refractivity contribution in [3.8, 4) is 0 Å². The lowest BCUT2D eigenvalue weighted by Gasteiger charge is -2.61. The predicted molar refractivity (Wildman–Crippen MR) is 157 cm³/mol. The summed E-state index contributed by atoms with van der Waals surface area (Å²) in [5.74, 6) is -0.142. The number of carbonyl (C=O) groups is 2. The van der Waals surface area contributed by atoms with E-state index in [0.717, 1.165) is 62.3 Å². The van der Waals surface area contributed by atoms with Crippen LogP contribution in [0.15, 0.2) is 54.7 Å². The number of aromatic carboxylic acids is 1. The summed E-state index contributed by atoms with van der Waals surface area (Å²) in [4.78, 5) is 39.9. The quantitative estimate of drug-likeness (QED) is 0.377. The maximum absolute atomic E-state index is 13.8. The number of nitrogens with zero attached hydrogens (tertiary/aromatic N) is 7. The van der Waals surface area contributed by atoms with Crippen LogP contribution >= 0.6 is 0 Å². The lowest BCUT2D eigenvalue weighted by Crippen LogP contribution is -2.63. The molecule has 1 aromatic carbocycles. The molecule has 43 heavy (non-hydrogen) atoms. The van der Waals surface area contributed by atoms with Gasteiger partial charge in [0.05, 0.1) is 11.9 Å². The van der Waals surface area contributed by atoms with Gasteiger partial charge in [-0.3, -0.25) is 4.79 Å². The number of halogens is 1. The number of aromatic nitrogens is 4. The molecule has 1 unspecified atom stereocenters. The molecule has 3 saturated heterocycles. The Morgan fingerprint density at radius 3 is 2.53 bits per heavy atom. The van der Waals surface area contributed by atoms with Crippen molar-refractivity contribution in [2.75, 3.05) is 49.1 Å². The average molecular weight is 582 g/mol. The molecule has 220 valence electrons. The highest BCUT2D eigenvalue weighted by Gasteiger charge is 2.55. The molecule has 0 bridgehead atoms. The number of carboxylic acids is 1. The number of hydrogen-bond donors (Lipinski definition) is 1. The van der Waals surface area contributed by atoms with Crippen LogP contribution in [0.25, 0.3) is 5.65 Å². The number of carboxylic acid groups (broad SMARTS) is 1. The van der Waals surface area contributed by atoms with E-state index in [-0.39, 0.29) is 34.1 Å². The molecule has 3 aliphatic heterocycles. The van der Waals surface area contributed by atoms with Gasteiger partial charge in [0.15, 0.2) is 11.3 Å². The van der Waals surface area contributed by atoms with Gasteiger partial charge in [-0.25, -0.2) is 23.7 Å². The number of benzene rings is 1. The van der Waals surface area contributed by atoms with Crippen molar-refractivity contribution in [1.29, 1.82) is 0 Å². The number of amides is 1. The lowest BCUT2D eigenvalue weighted by atomic mass is 9.53. The highest BCUT2D eigenvalue weighted by atomic mass is 19.1. The standard InChI is InChI=1S/C32H32FN7O3/c1-20-12-23(38-18-32(19-38)9-8-24(32)21-4-2-5-22(33)13-21)14-40-28(20)35-27(36-40)29(41)39-16-31(17-39)10-11-37(15-31)26-7-3-6-25(34-26)30(42)43/h2-7,12-14,24H,8-11,15-19H2,1H3,(H,42,43). The number of fused-ring (bicyclic) bond motifs is 1. The molecule has 8 rings (SSSR count). The lowest BCUT2D eigenvalue weighted by molar-refractivity contribution is 0.0157. The summed E-state index contributed by atoms with van der Waals surface area (Å²) in [5, 5.41) is 13.9. The summed E-state index contributed by atoms with van der Waals surface area (Å²) in [6, 6.07) is 14.2. The molecule has 4 aliphatic rings. The summed E-state index contributed by atoms with van der Waals surface area (Å²) >= 11 is 0. The number of hydrogen-bond acceptors (Lipinski definition) is 7. The first-order valence-corrected chi connectivity index (χ1v) is 14.8. The Morgan fingerprint density at radius 2 is 1.79 bits per heavy atom. The normalized spacial score (nSPS) is 21.6. The fourth-order valence-corrected chi connectivity index (χ4v) is 7.77. The van der Waals surface area contributed by atoms with Crippen LogP contribution in [0.2, 0.25) is 0 Å². The van der Waals surface area contributed by atoms with Crippen molar-refractivity contribution in [2.45, 2.75) is 32.1 Å². The van der Waals surface area contributed by atoms with Crippen molar-refractivity contribution in [3.63, 3.8) is 0 Å². The molecule has 4 aromatic rings. The minimum Gasteiger partial charge on any atom is -0.477 e. The Morgan fingerprint density at radius 1 is 0.977 bits per heavy atom. The van der Waals surface area contributed by atoms with Crippen molar-refractivity contribution in [3.05, 3.63) is 83.2 Å². The molecule has 1 saturated carbocycles. The van der Waals surface area contributed by atoms with Crippen LogP contribution in [0.1, 0.15) is 57.4 Å². The van der Waals surface area contributed by atoms with Gasteiger partial charge >= 0.3 is 5.97 Å². The fourth-order valence-electron chi connectivity index (χ4n) is 7.77. The Hall–Kier alpha value is -4.54. The maximum atomic E-state index is 13.8. The zero-order valence-electron chi connectivity index (χ0n) is 23.9. The van der Waals surface area contributed by atoms with Crippen LogP contribution < -0.4 is 9.80 Å². The number of rotatable bonds is 5. The molecule has 10 nitrogen and oxygen atoms in total. The Labute approximate surface area is 247 Å². The summed E-state index contributed by atoms with van der Waals surface area (Å²) in [6.07, 6.45) is 5.11. The molecule has 2 spiro atoms. The number of pyridine rings is 2. The van der Waals surface area contributed by atoms with Crippen LogP contribution in [0.3, 0.4) is 0 Å². The van der Waals surface area contributed by atoms with E-state index in [1.165, 1.54) is 12.1 Å². The third-order valence-electron chi connectivity index (χ3n) is 10.1. The largest absolute Gasteiger partial charge is 0.477 e. The SMILES string of the molecule is Cc1cc(N2CC3(CCC3c3cccc(F)c3)C2)cn2nc(C(=O)N3CC4(CCN(c5cccc(C(=O)O)n5)C4)C3)nc12. The molecule has 3 aromatic heterocycles. The van der Waals surface area contributed by atoms with Crippen LogP contribution in [-0.4, -0.2) is 80.7 Å². The average Bonchev–Trinajstić information content (AvgIpc) is 3.57. The van der Waals surface area contributed by atoms with E-state index in [4.69, 9.17) is 0 Å². The summed E-state index contributed by atoms with van der Waals surface area (Å²) in [5.41, 5.74) is 3.98. The van der Waals surface area contributed by atoms with E-state index < -0.39 is 5.97 Å². The van der Waals surface area contributed by atoms with Gasteiger partial charge in [-0.15, -0.1) is 5.10 Å². The van der Waals surface area contributed by atoms with Crippen LogP contribution in [0, 0.1) is 23.6 Å². The van der Waals surface area contributed by atoms with E-state index in [0.29, 0.717) is 30.5 Å². The predicted octanol–water partition coefficient (Wildman–Crippen LogP) is 4.01. The molecule has 0 radical (unpaired) electrons. The van der Waals surface area contributed by atoms with E-state index >= 15 is 0 Å². The zero-order valence-corrected chi connectivity index (χ0v) is 23.9. The van der Waals surface area contributed by atoms with E-state index in [1.807, 2.05) is 25.3 Å². The minimum atomic E-state index is -1.04. The third kappa shape index (κ3) is 4.16. The van der Waals surface area contributed by atoms with Gasteiger partial charge in [-0.2, -0.15) is 0 Å². The minimum absolute atomic E-state index is 0.0306. The van der Waals surface area contributed by atoms with Gasteiger partial charge < -0.3 is 19.8 Å². The smallest absolute Gasteiger partial charge is 0.354 e. The van der Waals surface area contributed by atoms with Gasteiger partial charge in [0.25, 0.3) is 5.91 Å². The van der Waals surface area contributed by atoms with E-state index in [2.05, 4.69) is 30.9 Å². The topological polar surface area (TPSA) is 107 Å². The van der Waals surface area contributed by atoms with Crippen molar-refractivity contribution in [1.82, 2.24) is 24.5 Å². The Bertz CT molecular complexity index is 1790. The number of anilines is 2. The van der Waals surface area contributed by atoms with E-state index in [1.54, 1.807) is 27.6 Å². The van der Waals surface area contributed by atoms with Crippen molar-refractivity contribution >= 4 is 29.0 Å². The first-order valence-electron chi connectivity index (χ1n) is 14.8. The van der Waals surface area contributed by atoms with Gasteiger partial charge in [0.1, 0.15) is 11.6 Å². The van der Waals surface area contributed by atoms with Gasteiger partial charge in [0.2, 0.25) is 5.82 Å². The monoisotopic (exact) mass is 581 g/mol. The van der Waals surface area contributed by atoms with Gasteiger partial charge in [-0.1, -0.05) is 18.2 Å². The van der Waals surface area contributed by atoms with E-state index in [9.17, 15) is 19.1 Å². The number of carbonyl (C=O) groups excluding carboxylic acids is 1. The first kappa shape index (κ1) is 26.1. The van der Waals surface area contributed by atoms with Crippen molar-refractivity contribution < 1.29 is 19.1 Å². The second kappa shape index (κ2) is 9.23.